The van der Waals surface area contributed by atoms with Crippen LogP contribution in [0.15, 0.2) is 30.0 Å². The predicted molar refractivity (Wildman–Crippen MR) is 63.6 cm³/mol. The summed E-state index contributed by atoms with van der Waals surface area (Å²) in [6.07, 6.45) is 1.06. The van der Waals surface area contributed by atoms with Gasteiger partial charge in [0.15, 0.2) is 11.5 Å². The minimum Gasteiger partial charge on any atom is -0.515 e. The number of fused-ring (bicyclic) bond motifs is 1. The summed E-state index contributed by atoms with van der Waals surface area (Å²) < 4.78 is 15.3. The number of carbonyl (C=O) groups excluding carboxylic acids is 1. The molecule has 0 spiro atoms. The molecule has 1 aromatic rings. The number of aliphatic hydroxyl groups is 1. The summed E-state index contributed by atoms with van der Waals surface area (Å²) in [6.45, 7) is 2.20. The molecule has 0 radical (unpaired) electrons. The summed E-state index contributed by atoms with van der Waals surface area (Å²) in [5.74, 6) is 0.815. The van der Waals surface area contributed by atoms with Crippen LogP contribution in [0.3, 0.4) is 0 Å². The van der Waals surface area contributed by atoms with E-state index in [1.165, 1.54) is 0 Å². The summed E-state index contributed by atoms with van der Waals surface area (Å²) >= 11 is 0. The van der Waals surface area contributed by atoms with E-state index >= 15 is 0 Å². The van der Waals surface area contributed by atoms with Gasteiger partial charge in [0.2, 0.25) is 6.79 Å². The van der Waals surface area contributed by atoms with E-state index in [1.54, 1.807) is 19.1 Å². The number of benzene rings is 1. The summed E-state index contributed by atoms with van der Waals surface area (Å²) in [4.78, 5) is 11.5. The zero-order valence-electron chi connectivity index (χ0n) is 10.0. The van der Waals surface area contributed by atoms with Crippen LogP contribution in [0.5, 0.6) is 11.5 Å². The number of hydrogen-bond acceptors (Lipinski definition) is 5. The van der Waals surface area contributed by atoms with Gasteiger partial charge in [0.25, 0.3) is 0 Å². The number of esters is 1. The Labute approximate surface area is 105 Å². The minimum absolute atomic E-state index is 0.204. The quantitative estimate of drug-likeness (QED) is 0.502. The fourth-order valence-electron chi connectivity index (χ4n) is 1.67. The summed E-state index contributed by atoms with van der Waals surface area (Å²) in [7, 11) is 0. The van der Waals surface area contributed by atoms with Crippen molar-refractivity contribution in [2.24, 2.45) is 0 Å². The van der Waals surface area contributed by atoms with Crippen molar-refractivity contribution in [3.8, 4) is 11.5 Å². The molecule has 18 heavy (non-hydrogen) atoms. The zero-order valence-corrected chi connectivity index (χ0v) is 10.0. The van der Waals surface area contributed by atoms with Crippen molar-refractivity contribution in [3.05, 3.63) is 35.6 Å². The van der Waals surface area contributed by atoms with Crippen LogP contribution in [-0.2, 0) is 16.0 Å². The lowest BCUT2D eigenvalue weighted by Crippen LogP contribution is -2.10. The van der Waals surface area contributed by atoms with Crippen LogP contribution in [0.2, 0.25) is 0 Å². The molecular weight excluding hydrogens is 236 g/mol. The van der Waals surface area contributed by atoms with E-state index < -0.39 is 5.97 Å². The number of aliphatic hydroxyl groups excluding tert-OH is 1. The fraction of sp³-hybridized carbons (Fsp3) is 0.308. The maximum Gasteiger partial charge on any atom is 0.337 e. The van der Waals surface area contributed by atoms with Gasteiger partial charge >= 0.3 is 5.97 Å². The van der Waals surface area contributed by atoms with Crippen LogP contribution in [0, 0.1) is 0 Å². The Bertz CT molecular complexity index is 478. The van der Waals surface area contributed by atoms with E-state index in [4.69, 9.17) is 19.3 Å². The molecule has 0 saturated carbocycles. The molecule has 0 atom stereocenters. The average molecular weight is 250 g/mol. The molecule has 1 aromatic carbocycles. The molecule has 2 rings (SSSR count). The highest BCUT2D eigenvalue weighted by Gasteiger charge is 2.16. The van der Waals surface area contributed by atoms with E-state index in [0.717, 1.165) is 11.8 Å². The molecule has 96 valence electrons. The van der Waals surface area contributed by atoms with Crippen molar-refractivity contribution in [1.82, 2.24) is 0 Å². The molecule has 0 bridgehead atoms. The SMILES string of the molecule is CCOC(=O)/C(=C\O)Cc1ccc2c(c1)OCO2. The molecule has 0 fully saturated rings. The maximum absolute atomic E-state index is 11.5. The molecule has 1 heterocycles. The van der Waals surface area contributed by atoms with Crippen molar-refractivity contribution >= 4 is 5.97 Å². The molecular formula is C13H14O5. The van der Waals surface area contributed by atoms with E-state index in [-0.39, 0.29) is 25.4 Å². The van der Waals surface area contributed by atoms with Gasteiger partial charge < -0.3 is 19.3 Å². The molecule has 5 nitrogen and oxygen atoms in total. The van der Waals surface area contributed by atoms with Crippen molar-refractivity contribution in [3.63, 3.8) is 0 Å². The number of hydrogen-bond donors (Lipinski definition) is 1. The first-order chi connectivity index (χ1) is 8.74. The highest BCUT2D eigenvalue weighted by Crippen LogP contribution is 2.33. The summed E-state index contributed by atoms with van der Waals surface area (Å²) in [5.41, 5.74) is 1.04. The van der Waals surface area contributed by atoms with E-state index in [0.29, 0.717) is 11.5 Å². The first-order valence-corrected chi connectivity index (χ1v) is 5.63. The van der Waals surface area contributed by atoms with Gasteiger partial charge in [-0.05, 0) is 24.6 Å². The monoisotopic (exact) mass is 250 g/mol. The van der Waals surface area contributed by atoms with Crippen LogP contribution < -0.4 is 9.47 Å². The highest BCUT2D eigenvalue weighted by atomic mass is 16.7. The van der Waals surface area contributed by atoms with Crippen molar-refractivity contribution in [2.45, 2.75) is 13.3 Å². The lowest BCUT2D eigenvalue weighted by Gasteiger charge is -2.06. The third kappa shape index (κ3) is 2.56. The van der Waals surface area contributed by atoms with Crippen LogP contribution in [0.25, 0.3) is 0 Å². The molecule has 0 aromatic heterocycles. The lowest BCUT2D eigenvalue weighted by molar-refractivity contribution is -0.138. The van der Waals surface area contributed by atoms with Gasteiger partial charge in [-0.3, -0.25) is 0 Å². The van der Waals surface area contributed by atoms with Crippen LogP contribution in [0.4, 0.5) is 0 Å². The molecule has 0 saturated heterocycles. The third-order valence-electron chi connectivity index (χ3n) is 2.53. The third-order valence-corrected chi connectivity index (χ3v) is 2.53. The molecule has 1 aliphatic rings. The molecule has 0 aliphatic carbocycles. The first kappa shape index (κ1) is 12.3. The van der Waals surface area contributed by atoms with Gasteiger partial charge in [0.1, 0.15) is 0 Å². The van der Waals surface area contributed by atoms with E-state index in [9.17, 15) is 4.79 Å². The molecule has 1 aliphatic heterocycles. The maximum atomic E-state index is 11.5. The van der Waals surface area contributed by atoms with Crippen LogP contribution >= 0.6 is 0 Å². The Morgan fingerprint density at radius 2 is 2.22 bits per heavy atom. The van der Waals surface area contributed by atoms with E-state index in [2.05, 4.69) is 0 Å². The first-order valence-electron chi connectivity index (χ1n) is 5.63. The second kappa shape index (κ2) is 5.44. The Morgan fingerprint density at radius 1 is 1.44 bits per heavy atom. The van der Waals surface area contributed by atoms with Gasteiger partial charge in [0.05, 0.1) is 18.4 Å². The fourth-order valence-corrected chi connectivity index (χ4v) is 1.67. The highest BCUT2D eigenvalue weighted by molar-refractivity contribution is 5.88. The Hall–Kier alpha value is -2.17. The number of carbonyl (C=O) groups is 1. The molecule has 0 amide bonds. The van der Waals surface area contributed by atoms with Gasteiger partial charge in [0, 0.05) is 6.42 Å². The zero-order chi connectivity index (χ0) is 13.0. The smallest absolute Gasteiger partial charge is 0.337 e. The van der Waals surface area contributed by atoms with Crippen molar-refractivity contribution < 1.29 is 24.1 Å². The summed E-state index contributed by atoms with van der Waals surface area (Å²) in [6, 6.07) is 5.37. The van der Waals surface area contributed by atoms with Crippen molar-refractivity contribution in [2.75, 3.05) is 13.4 Å². The van der Waals surface area contributed by atoms with Gasteiger partial charge in [-0.25, -0.2) is 4.79 Å². The normalized spacial score (nSPS) is 13.5. The Kier molecular flexibility index (Phi) is 3.72. The average Bonchev–Trinajstić information content (AvgIpc) is 2.83. The van der Waals surface area contributed by atoms with Crippen LogP contribution in [-0.4, -0.2) is 24.5 Å². The summed E-state index contributed by atoms with van der Waals surface area (Å²) in [5, 5.41) is 9.06. The predicted octanol–water partition coefficient (Wildman–Crippen LogP) is 1.96. The van der Waals surface area contributed by atoms with Crippen molar-refractivity contribution in [1.29, 1.82) is 0 Å². The standard InChI is InChI=1S/C13H14O5/c1-2-16-13(15)10(7-14)5-9-3-4-11-12(6-9)18-8-17-11/h3-4,6-7,14H,2,5,8H2,1H3/b10-7-. The van der Waals surface area contributed by atoms with Gasteiger partial charge in [-0.1, -0.05) is 6.07 Å². The minimum atomic E-state index is -0.516. The second-order valence-electron chi connectivity index (χ2n) is 3.74. The van der Waals surface area contributed by atoms with Gasteiger partial charge in [-0.2, -0.15) is 0 Å². The lowest BCUT2D eigenvalue weighted by atomic mass is 10.1. The molecule has 0 unspecified atom stereocenters. The molecule has 5 heteroatoms. The second-order valence-corrected chi connectivity index (χ2v) is 3.74. The Balaban J connectivity index is 2.11. The largest absolute Gasteiger partial charge is 0.515 e. The number of ether oxygens (including phenoxy) is 3. The van der Waals surface area contributed by atoms with Crippen LogP contribution in [0.1, 0.15) is 12.5 Å². The molecule has 1 N–H and O–H groups in total. The Morgan fingerprint density at radius 3 is 2.94 bits per heavy atom. The number of rotatable bonds is 4. The topological polar surface area (TPSA) is 65.0 Å². The van der Waals surface area contributed by atoms with Gasteiger partial charge in [-0.15, -0.1) is 0 Å². The van der Waals surface area contributed by atoms with E-state index in [1.807, 2.05) is 6.07 Å².